The lowest BCUT2D eigenvalue weighted by molar-refractivity contribution is -0.147. The number of benzene rings is 2. The number of para-hydroxylation sites is 1. The summed E-state index contributed by atoms with van der Waals surface area (Å²) < 4.78 is 7.65. The number of ether oxygens (including phenoxy) is 1. The van der Waals surface area contributed by atoms with E-state index < -0.39 is 0 Å². The van der Waals surface area contributed by atoms with Crippen molar-refractivity contribution in [2.75, 3.05) is 11.1 Å². The van der Waals surface area contributed by atoms with Gasteiger partial charge in [0.2, 0.25) is 0 Å². The molecule has 0 amide bonds. The van der Waals surface area contributed by atoms with Gasteiger partial charge in [-0.15, -0.1) is 10.2 Å². The molecular weight excluding hydrogens is 408 g/mol. The molecule has 0 atom stereocenters. The van der Waals surface area contributed by atoms with Crippen molar-refractivity contribution in [2.24, 2.45) is 0 Å². The number of esters is 1. The van der Waals surface area contributed by atoms with E-state index in [0.29, 0.717) is 11.7 Å². The van der Waals surface area contributed by atoms with Gasteiger partial charge in [-0.3, -0.25) is 9.36 Å². The number of aryl methyl sites for hydroxylation is 1. The number of hydrogen-bond acceptors (Lipinski definition) is 6. The summed E-state index contributed by atoms with van der Waals surface area (Å²) in [6, 6.07) is 18.2. The molecule has 1 fully saturated rings. The number of aromatic nitrogens is 3. The molecule has 31 heavy (non-hydrogen) atoms. The highest BCUT2D eigenvalue weighted by Gasteiger charge is 2.20. The van der Waals surface area contributed by atoms with Gasteiger partial charge in [0.25, 0.3) is 0 Å². The first-order chi connectivity index (χ1) is 15.2. The molecule has 0 spiro atoms. The van der Waals surface area contributed by atoms with Crippen molar-refractivity contribution in [1.82, 2.24) is 14.8 Å². The number of hydrogen-bond donors (Lipinski definition) is 1. The molecule has 1 aliphatic rings. The monoisotopic (exact) mass is 436 g/mol. The van der Waals surface area contributed by atoms with Crippen LogP contribution in [0.5, 0.6) is 0 Å². The highest BCUT2D eigenvalue weighted by atomic mass is 32.2. The average Bonchev–Trinajstić information content (AvgIpc) is 3.21. The number of nitrogens with zero attached hydrogens (tertiary/aromatic N) is 3. The van der Waals surface area contributed by atoms with Gasteiger partial charge in [0.15, 0.2) is 11.0 Å². The van der Waals surface area contributed by atoms with E-state index in [2.05, 4.69) is 46.7 Å². The van der Waals surface area contributed by atoms with E-state index in [0.717, 1.165) is 42.9 Å². The molecule has 162 valence electrons. The molecule has 1 aromatic heterocycles. The number of nitrogens with one attached hydrogen (secondary N) is 1. The maximum Gasteiger partial charge on any atom is 0.316 e. The van der Waals surface area contributed by atoms with Crippen LogP contribution in [0.1, 0.15) is 43.5 Å². The number of anilines is 1. The molecule has 2 aromatic carbocycles. The molecule has 3 aromatic rings. The minimum atomic E-state index is -0.182. The van der Waals surface area contributed by atoms with Crippen molar-refractivity contribution in [3.05, 3.63) is 66.0 Å². The van der Waals surface area contributed by atoms with Crippen LogP contribution in [0.15, 0.2) is 59.8 Å². The number of carbonyl (C=O) groups is 1. The van der Waals surface area contributed by atoms with Crippen molar-refractivity contribution in [2.45, 2.75) is 56.8 Å². The van der Waals surface area contributed by atoms with Gasteiger partial charge in [-0.05, 0) is 56.9 Å². The lowest BCUT2D eigenvalue weighted by atomic mass is 9.98. The number of carbonyl (C=O) groups excluding carboxylic acids is 1. The first-order valence-electron chi connectivity index (χ1n) is 10.8. The Kier molecular flexibility index (Phi) is 7.25. The normalized spacial score (nSPS) is 14.4. The summed E-state index contributed by atoms with van der Waals surface area (Å²) in [5.74, 6) is 0.834. The molecule has 7 heteroatoms. The minimum Gasteiger partial charge on any atom is -0.462 e. The Balaban J connectivity index is 1.45. The van der Waals surface area contributed by atoms with E-state index in [1.165, 1.54) is 23.7 Å². The topological polar surface area (TPSA) is 69.0 Å². The van der Waals surface area contributed by atoms with Gasteiger partial charge in [0.1, 0.15) is 6.10 Å². The summed E-state index contributed by atoms with van der Waals surface area (Å²) in [4.78, 5) is 12.4. The predicted octanol–water partition coefficient (Wildman–Crippen LogP) is 5.16. The van der Waals surface area contributed by atoms with E-state index in [1.54, 1.807) is 0 Å². The standard InChI is InChI=1S/C24H28N4O2S/c1-18-12-14-19(15-13-18)25-16-22-26-27-24(28(22)20-8-4-2-5-9-20)31-17-23(29)30-21-10-6-3-7-11-21/h2,4-5,8-9,12-15,21,25H,3,6-7,10-11,16-17H2,1H3. The van der Waals surface area contributed by atoms with Crippen molar-refractivity contribution in [3.8, 4) is 5.69 Å². The SMILES string of the molecule is Cc1ccc(NCc2nnc(SCC(=O)OC3CCCCC3)n2-c2ccccc2)cc1. The van der Waals surface area contributed by atoms with E-state index in [9.17, 15) is 4.79 Å². The van der Waals surface area contributed by atoms with Gasteiger partial charge in [-0.25, -0.2) is 0 Å². The van der Waals surface area contributed by atoms with Crippen LogP contribution in [-0.4, -0.2) is 32.6 Å². The van der Waals surface area contributed by atoms with Crippen molar-refractivity contribution < 1.29 is 9.53 Å². The second-order valence-electron chi connectivity index (χ2n) is 7.83. The molecule has 1 N–H and O–H groups in total. The van der Waals surface area contributed by atoms with Gasteiger partial charge in [0, 0.05) is 11.4 Å². The molecular formula is C24H28N4O2S. The van der Waals surface area contributed by atoms with Crippen LogP contribution in [0.4, 0.5) is 5.69 Å². The lowest BCUT2D eigenvalue weighted by Crippen LogP contribution is -2.22. The molecule has 0 bridgehead atoms. The fourth-order valence-corrected chi connectivity index (χ4v) is 4.48. The molecule has 0 radical (unpaired) electrons. The summed E-state index contributed by atoms with van der Waals surface area (Å²) in [6.07, 6.45) is 5.55. The molecule has 0 unspecified atom stereocenters. The zero-order valence-electron chi connectivity index (χ0n) is 17.8. The zero-order valence-corrected chi connectivity index (χ0v) is 18.6. The Morgan fingerprint density at radius 3 is 2.55 bits per heavy atom. The Morgan fingerprint density at radius 2 is 1.81 bits per heavy atom. The van der Waals surface area contributed by atoms with E-state index >= 15 is 0 Å². The molecule has 1 heterocycles. The molecule has 1 saturated carbocycles. The van der Waals surface area contributed by atoms with Crippen molar-refractivity contribution >= 4 is 23.4 Å². The van der Waals surface area contributed by atoms with Gasteiger partial charge >= 0.3 is 5.97 Å². The zero-order chi connectivity index (χ0) is 21.5. The Hall–Kier alpha value is -2.80. The van der Waals surface area contributed by atoms with Crippen LogP contribution < -0.4 is 5.32 Å². The van der Waals surface area contributed by atoms with Crippen LogP contribution in [0.25, 0.3) is 5.69 Å². The Morgan fingerprint density at radius 1 is 1.06 bits per heavy atom. The average molecular weight is 437 g/mol. The third-order valence-electron chi connectivity index (χ3n) is 5.39. The summed E-state index contributed by atoms with van der Waals surface area (Å²) in [5.41, 5.74) is 3.21. The van der Waals surface area contributed by atoms with Crippen LogP contribution in [0, 0.1) is 6.92 Å². The van der Waals surface area contributed by atoms with Crippen LogP contribution in [0.2, 0.25) is 0 Å². The fourth-order valence-electron chi connectivity index (χ4n) is 3.72. The maximum atomic E-state index is 12.4. The second-order valence-corrected chi connectivity index (χ2v) is 8.77. The minimum absolute atomic E-state index is 0.0723. The summed E-state index contributed by atoms with van der Waals surface area (Å²) >= 11 is 1.37. The quantitative estimate of drug-likeness (QED) is 0.389. The molecule has 4 rings (SSSR count). The smallest absolute Gasteiger partial charge is 0.316 e. The summed E-state index contributed by atoms with van der Waals surface area (Å²) in [6.45, 7) is 2.59. The highest BCUT2D eigenvalue weighted by Crippen LogP contribution is 2.25. The predicted molar refractivity (Wildman–Crippen MR) is 124 cm³/mol. The number of thioether (sulfide) groups is 1. The third kappa shape index (κ3) is 5.88. The third-order valence-corrected chi connectivity index (χ3v) is 6.29. The molecule has 0 aliphatic heterocycles. The van der Waals surface area contributed by atoms with Crippen molar-refractivity contribution in [3.63, 3.8) is 0 Å². The highest BCUT2D eigenvalue weighted by molar-refractivity contribution is 7.99. The van der Waals surface area contributed by atoms with E-state index in [-0.39, 0.29) is 17.8 Å². The summed E-state index contributed by atoms with van der Waals surface area (Å²) in [5, 5.41) is 12.9. The maximum absolute atomic E-state index is 12.4. The van der Waals surface area contributed by atoms with E-state index in [1.807, 2.05) is 34.9 Å². The van der Waals surface area contributed by atoms with Crippen molar-refractivity contribution in [1.29, 1.82) is 0 Å². The van der Waals surface area contributed by atoms with Gasteiger partial charge in [-0.1, -0.05) is 54.1 Å². The van der Waals surface area contributed by atoms with Crippen LogP contribution >= 0.6 is 11.8 Å². The largest absolute Gasteiger partial charge is 0.462 e. The molecule has 0 saturated heterocycles. The first-order valence-corrected chi connectivity index (χ1v) is 11.8. The van der Waals surface area contributed by atoms with E-state index in [4.69, 9.17) is 4.74 Å². The van der Waals surface area contributed by atoms with Gasteiger partial charge in [0.05, 0.1) is 12.3 Å². The molecule has 6 nitrogen and oxygen atoms in total. The fraction of sp³-hybridized carbons (Fsp3) is 0.375. The van der Waals surface area contributed by atoms with Gasteiger partial charge in [-0.2, -0.15) is 0 Å². The van der Waals surface area contributed by atoms with Gasteiger partial charge < -0.3 is 10.1 Å². The lowest BCUT2D eigenvalue weighted by Gasteiger charge is -2.21. The Labute approximate surface area is 187 Å². The van der Waals surface area contributed by atoms with Crippen LogP contribution in [-0.2, 0) is 16.1 Å². The number of rotatable bonds is 8. The van der Waals surface area contributed by atoms with Crippen LogP contribution in [0.3, 0.4) is 0 Å². The summed E-state index contributed by atoms with van der Waals surface area (Å²) in [7, 11) is 0. The second kappa shape index (κ2) is 10.5. The Bertz CT molecular complexity index is 983. The molecule has 1 aliphatic carbocycles. The first kappa shape index (κ1) is 21.4.